The number of nitrogen functional groups attached to an aromatic ring is 1. The largest absolute Gasteiger partial charge is 0.463 e. The normalized spacial score (nSPS) is 21.1. The van der Waals surface area contributed by atoms with E-state index in [4.69, 9.17) is 14.9 Å². The summed E-state index contributed by atoms with van der Waals surface area (Å²) < 4.78 is 10.8. The minimum Gasteiger partial charge on any atom is -0.463 e. The molecule has 1 aromatic carbocycles. The number of allylic oxidation sites excluding steroid dienone is 1. The van der Waals surface area contributed by atoms with Crippen molar-refractivity contribution >= 4 is 17.9 Å². The molecule has 2 N–H and O–H groups in total. The summed E-state index contributed by atoms with van der Waals surface area (Å²) in [5.74, 6) is -0.388. The van der Waals surface area contributed by atoms with Crippen LogP contribution in [-0.2, 0) is 19.7 Å². The number of ether oxygens (including phenoxy) is 1. The first-order chi connectivity index (χ1) is 11.9. The molecule has 0 bridgehead atoms. The molecule has 0 saturated heterocycles. The molecule has 1 aliphatic heterocycles. The van der Waals surface area contributed by atoms with Gasteiger partial charge in [-0.05, 0) is 19.4 Å². The van der Waals surface area contributed by atoms with Crippen molar-refractivity contribution in [1.82, 2.24) is 9.88 Å². The summed E-state index contributed by atoms with van der Waals surface area (Å²) in [5, 5.41) is 0. The lowest BCUT2D eigenvalue weighted by molar-refractivity contribution is -0.140. The first kappa shape index (κ1) is 15.4. The Morgan fingerprint density at radius 3 is 2.84 bits per heavy atom. The lowest BCUT2D eigenvalue weighted by atomic mass is 9.74. The number of aromatic nitrogens is 1. The highest BCUT2D eigenvalue weighted by Gasteiger charge is 2.63. The molecule has 1 spiro atoms. The van der Waals surface area contributed by atoms with Crippen LogP contribution in [0.2, 0.25) is 0 Å². The summed E-state index contributed by atoms with van der Waals surface area (Å²) in [6, 6.07) is 7.26. The van der Waals surface area contributed by atoms with E-state index in [0.29, 0.717) is 28.3 Å². The molecule has 7 nitrogen and oxygen atoms in total. The van der Waals surface area contributed by atoms with Crippen LogP contribution in [0.25, 0.3) is 11.3 Å². The van der Waals surface area contributed by atoms with Gasteiger partial charge in [0.1, 0.15) is 5.69 Å². The summed E-state index contributed by atoms with van der Waals surface area (Å²) in [4.78, 5) is 31.9. The fourth-order valence-electron chi connectivity index (χ4n) is 3.83. The van der Waals surface area contributed by atoms with Crippen molar-refractivity contribution in [2.75, 3.05) is 19.4 Å². The van der Waals surface area contributed by atoms with Gasteiger partial charge in [0.2, 0.25) is 5.91 Å². The molecule has 2 aliphatic rings. The molecule has 7 heteroatoms. The number of rotatable bonds is 2. The molecule has 2 heterocycles. The van der Waals surface area contributed by atoms with E-state index in [1.54, 1.807) is 20.9 Å². The zero-order valence-corrected chi connectivity index (χ0v) is 14.1. The summed E-state index contributed by atoms with van der Waals surface area (Å²) in [6.07, 6.45) is 0. The number of anilines is 1. The number of hydrogen-bond donors (Lipinski definition) is 1. The zero-order chi connectivity index (χ0) is 17.9. The van der Waals surface area contributed by atoms with E-state index in [2.05, 4.69) is 4.98 Å². The molecule has 4 rings (SSSR count). The third kappa shape index (κ3) is 1.67. The maximum Gasteiger partial charge on any atom is 0.337 e. The summed E-state index contributed by atoms with van der Waals surface area (Å²) in [6.45, 7) is 3.66. The van der Waals surface area contributed by atoms with Gasteiger partial charge in [0, 0.05) is 18.3 Å². The van der Waals surface area contributed by atoms with Gasteiger partial charge in [-0.15, -0.1) is 0 Å². The number of amides is 1. The quantitative estimate of drug-likeness (QED) is 0.838. The number of hydrogen-bond acceptors (Lipinski definition) is 6. The van der Waals surface area contributed by atoms with Gasteiger partial charge >= 0.3 is 5.97 Å². The van der Waals surface area contributed by atoms with E-state index in [9.17, 15) is 9.59 Å². The van der Waals surface area contributed by atoms with Crippen molar-refractivity contribution in [2.24, 2.45) is 0 Å². The number of nitrogens with two attached hydrogens (primary N) is 1. The molecule has 0 fully saturated rings. The van der Waals surface area contributed by atoms with Gasteiger partial charge in [-0.2, -0.15) is 4.98 Å². The summed E-state index contributed by atoms with van der Waals surface area (Å²) >= 11 is 0. The lowest BCUT2D eigenvalue weighted by Gasteiger charge is -2.25. The van der Waals surface area contributed by atoms with E-state index in [-0.39, 0.29) is 24.1 Å². The predicted molar refractivity (Wildman–Crippen MR) is 89.2 cm³/mol. The first-order valence-corrected chi connectivity index (χ1v) is 7.97. The predicted octanol–water partition coefficient (Wildman–Crippen LogP) is 1.83. The minimum atomic E-state index is -1.38. The zero-order valence-electron chi connectivity index (χ0n) is 14.1. The van der Waals surface area contributed by atoms with Crippen molar-refractivity contribution in [3.05, 3.63) is 46.8 Å². The standard InChI is InChI=1S/C18H17N3O4/c1-4-24-15(22)12-9(2)21(3)16(23)18(12)11-8-6-5-7-10(11)13-14(18)20-17(19)25-13/h5-8H,4H2,1-3H3,(H2,19,20)/t18-/m0/s1. The molecule has 25 heavy (non-hydrogen) atoms. The maximum absolute atomic E-state index is 13.3. The van der Waals surface area contributed by atoms with Gasteiger partial charge < -0.3 is 19.8 Å². The number of esters is 1. The number of likely N-dealkylation sites (N-methyl/N-ethyl adjacent to an activating group) is 1. The van der Waals surface area contributed by atoms with Crippen LogP contribution in [0.15, 0.2) is 40.0 Å². The second kappa shape index (κ2) is 4.95. The molecule has 0 saturated carbocycles. The van der Waals surface area contributed by atoms with Crippen molar-refractivity contribution in [3.63, 3.8) is 0 Å². The van der Waals surface area contributed by atoms with Crippen molar-refractivity contribution in [2.45, 2.75) is 19.3 Å². The van der Waals surface area contributed by atoms with Crippen molar-refractivity contribution in [3.8, 4) is 11.3 Å². The Bertz CT molecular complexity index is 959. The molecule has 1 aliphatic carbocycles. The van der Waals surface area contributed by atoms with Crippen LogP contribution in [-0.4, -0.2) is 35.4 Å². The van der Waals surface area contributed by atoms with Crippen LogP contribution in [0.3, 0.4) is 0 Å². The molecular formula is C18H17N3O4. The van der Waals surface area contributed by atoms with E-state index in [1.165, 1.54) is 4.90 Å². The van der Waals surface area contributed by atoms with Crippen LogP contribution in [0.1, 0.15) is 25.1 Å². The van der Waals surface area contributed by atoms with Crippen LogP contribution >= 0.6 is 0 Å². The second-order valence-corrected chi connectivity index (χ2v) is 6.07. The average molecular weight is 339 g/mol. The monoisotopic (exact) mass is 339 g/mol. The fourth-order valence-corrected chi connectivity index (χ4v) is 3.83. The van der Waals surface area contributed by atoms with Gasteiger partial charge in [0.15, 0.2) is 11.2 Å². The molecular weight excluding hydrogens is 322 g/mol. The average Bonchev–Trinajstić information content (AvgIpc) is 3.15. The van der Waals surface area contributed by atoms with Crippen molar-refractivity contribution < 1.29 is 18.7 Å². The van der Waals surface area contributed by atoms with Gasteiger partial charge in [-0.25, -0.2) is 4.79 Å². The number of fused-ring (bicyclic) bond motifs is 5. The number of carbonyl (C=O) groups is 2. The number of nitrogens with zero attached hydrogens (tertiary/aromatic N) is 2. The highest BCUT2D eigenvalue weighted by atomic mass is 16.5. The molecule has 0 unspecified atom stereocenters. The minimum absolute atomic E-state index is 0.0397. The Balaban J connectivity index is 2.11. The van der Waals surface area contributed by atoms with Crippen LogP contribution < -0.4 is 5.73 Å². The molecule has 1 atom stereocenters. The van der Waals surface area contributed by atoms with E-state index < -0.39 is 11.4 Å². The van der Waals surface area contributed by atoms with Gasteiger partial charge in [0.25, 0.3) is 6.01 Å². The Kier molecular flexibility index (Phi) is 3.06. The first-order valence-electron chi connectivity index (χ1n) is 7.97. The van der Waals surface area contributed by atoms with Gasteiger partial charge in [-0.1, -0.05) is 24.3 Å². The molecule has 128 valence electrons. The number of oxazole rings is 1. The van der Waals surface area contributed by atoms with Gasteiger partial charge in [-0.3, -0.25) is 4.79 Å². The Hall–Kier alpha value is -3.09. The Labute approximate surface area is 144 Å². The highest BCUT2D eigenvalue weighted by molar-refractivity contribution is 6.14. The van der Waals surface area contributed by atoms with E-state index in [1.807, 2.05) is 24.3 Å². The van der Waals surface area contributed by atoms with Crippen LogP contribution in [0.4, 0.5) is 6.01 Å². The Morgan fingerprint density at radius 1 is 1.40 bits per heavy atom. The number of carbonyl (C=O) groups excluding carboxylic acids is 2. The smallest absolute Gasteiger partial charge is 0.337 e. The third-order valence-electron chi connectivity index (χ3n) is 4.92. The number of benzene rings is 1. The lowest BCUT2D eigenvalue weighted by Crippen LogP contribution is -2.41. The molecule has 1 aromatic heterocycles. The summed E-state index contributed by atoms with van der Waals surface area (Å²) in [5.41, 5.74) is 6.90. The van der Waals surface area contributed by atoms with E-state index >= 15 is 0 Å². The van der Waals surface area contributed by atoms with Crippen LogP contribution in [0.5, 0.6) is 0 Å². The Morgan fingerprint density at radius 2 is 2.12 bits per heavy atom. The van der Waals surface area contributed by atoms with Gasteiger partial charge in [0.05, 0.1) is 12.2 Å². The molecule has 1 amide bonds. The van der Waals surface area contributed by atoms with E-state index in [0.717, 1.165) is 0 Å². The second-order valence-electron chi connectivity index (χ2n) is 6.07. The summed E-state index contributed by atoms with van der Waals surface area (Å²) in [7, 11) is 1.63. The highest BCUT2D eigenvalue weighted by Crippen LogP contribution is 2.57. The fraction of sp³-hybridized carbons (Fsp3) is 0.278. The van der Waals surface area contributed by atoms with Crippen LogP contribution in [0, 0.1) is 0 Å². The molecule has 0 radical (unpaired) electrons. The maximum atomic E-state index is 13.3. The molecule has 2 aromatic rings. The topological polar surface area (TPSA) is 98.7 Å². The SMILES string of the molecule is CCOC(=O)C1=C(C)N(C)C(=O)[C@@]12c1ccccc1-c1oc(N)nc12. The van der Waals surface area contributed by atoms with Crippen molar-refractivity contribution in [1.29, 1.82) is 0 Å². The third-order valence-corrected chi connectivity index (χ3v) is 4.92.